The lowest BCUT2D eigenvalue weighted by atomic mass is 9.87. The van der Waals surface area contributed by atoms with Crippen LogP contribution in [0.2, 0.25) is 10.0 Å². The van der Waals surface area contributed by atoms with Crippen LogP contribution in [-0.4, -0.2) is 131 Å². The Bertz CT molecular complexity index is 5530. The van der Waals surface area contributed by atoms with E-state index in [9.17, 15) is 81.4 Å². The van der Waals surface area contributed by atoms with Crippen molar-refractivity contribution in [3.05, 3.63) is 240 Å². The van der Waals surface area contributed by atoms with E-state index in [1.165, 1.54) is 36.1 Å². The number of nitrogens with zero attached hydrogens (tertiary/aromatic N) is 12. The number of carbonyl (C=O) groups excluding carboxylic acids is 2. The number of nitrogens with one attached hydrogen (secondary N) is 1. The molecule has 123 heavy (non-hydrogen) atoms. The van der Waals surface area contributed by atoms with Crippen LogP contribution < -0.4 is 36.1 Å². The summed E-state index contributed by atoms with van der Waals surface area (Å²) in [6, 6.07) is 34.3. The monoisotopic (exact) mass is 1770 g/mol. The van der Waals surface area contributed by atoms with Gasteiger partial charge >= 0.3 is 54.2 Å². The van der Waals surface area contributed by atoms with E-state index < -0.39 is 119 Å². The highest BCUT2D eigenvalue weighted by atomic mass is 35.5. The Morgan fingerprint density at radius 1 is 0.732 bits per heavy atom. The van der Waals surface area contributed by atoms with Gasteiger partial charge in [-0.2, -0.15) is 62.9 Å². The smallest absolute Gasteiger partial charge is 0.426 e. The molecule has 3 aromatic heterocycles. The van der Waals surface area contributed by atoms with E-state index in [0.717, 1.165) is 85.3 Å². The van der Waals surface area contributed by atoms with E-state index in [4.69, 9.17) is 55.7 Å². The maximum Gasteiger partial charge on any atom is 0.426 e. The van der Waals surface area contributed by atoms with Crippen LogP contribution in [0.4, 0.5) is 89.7 Å². The summed E-state index contributed by atoms with van der Waals surface area (Å²) < 4.78 is 217. The van der Waals surface area contributed by atoms with Gasteiger partial charge in [0.1, 0.15) is 42.5 Å². The van der Waals surface area contributed by atoms with E-state index in [1.54, 1.807) is 60.3 Å². The van der Waals surface area contributed by atoms with Crippen molar-refractivity contribution in [1.82, 2.24) is 29.4 Å². The van der Waals surface area contributed by atoms with E-state index in [2.05, 4.69) is 69.9 Å². The normalized spacial score (nSPS) is 18.6. The highest BCUT2D eigenvalue weighted by molar-refractivity contribution is 6.35. The lowest BCUT2D eigenvalue weighted by Crippen LogP contribution is -2.48. The van der Waals surface area contributed by atoms with Gasteiger partial charge in [-0.25, -0.2) is 37.8 Å². The molecule has 2 saturated heterocycles. The van der Waals surface area contributed by atoms with Crippen LogP contribution in [0.15, 0.2) is 192 Å². The number of alkyl halides is 12. The van der Waals surface area contributed by atoms with Gasteiger partial charge < -0.3 is 52.7 Å². The number of fused-ring (bicyclic) bond motifs is 2. The molecular formula is C83H80Cl2F13N13O12. The van der Waals surface area contributed by atoms with Crippen molar-refractivity contribution in [1.29, 1.82) is 0 Å². The third-order valence-electron chi connectivity index (χ3n) is 21.0. The van der Waals surface area contributed by atoms with Crippen molar-refractivity contribution in [2.75, 3.05) is 73.1 Å². The number of aliphatic hydroxyl groups is 1. The molecule has 0 saturated carbocycles. The maximum atomic E-state index is 13.7. The topological polar surface area (TPSA) is 272 Å². The fourth-order valence-electron chi connectivity index (χ4n) is 14.4. The number of piperazine rings is 1. The van der Waals surface area contributed by atoms with Crippen LogP contribution in [0.3, 0.4) is 0 Å². The molecule has 7 aromatic carbocycles. The Hall–Kier alpha value is -11.6. The van der Waals surface area contributed by atoms with Crippen molar-refractivity contribution in [3.63, 3.8) is 0 Å². The zero-order chi connectivity index (χ0) is 88.7. The molecule has 2 fully saturated rings. The van der Waals surface area contributed by atoms with Crippen LogP contribution in [0.1, 0.15) is 124 Å². The van der Waals surface area contributed by atoms with Gasteiger partial charge in [0.25, 0.3) is 5.89 Å². The number of methoxy groups -OCH3 is 1. The first-order valence-corrected chi connectivity index (χ1v) is 39.3. The predicted octanol–water partition coefficient (Wildman–Crippen LogP) is 19.4. The summed E-state index contributed by atoms with van der Waals surface area (Å²) >= 11 is 12.7. The van der Waals surface area contributed by atoms with Crippen LogP contribution in [0.5, 0.6) is 5.75 Å². The Kier molecular flexibility index (Phi) is 27.7. The molecule has 4 aliphatic heterocycles. The summed E-state index contributed by atoms with van der Waals surface area (Å²) in [5, 5.41) is 33.3. The number of amides is 2. The first-order valence-electron chi connectivity index (χ1n) is 38.5. The largest absolute Gasteiger partial charge is 0.491 e. The number of hydrogen-bond acceptors (Lipinski definition) is 21. The summed E-state index contributed by atoms with van der Waals surface area (Å²) in [5.74, 6) is -1.77. The maximum absolute atomic E-state index is 13.7. The fourth-order valence-corrected chi connectivity index (χ4v) is 14.9. The molecule has 2 unspecified atom stereocenters. The molecule has 14 rings (SSSR count). The molecule has 10 aromatic rings. The molecule has 0 aliphatic carbocycles. The second-order valence-electron chi connectivity index (χ2n) is 28.8. The van der Waals surface area contributed by atoms with Crippen molar-refractivity contribution < 1.29 is 104 Å². The van der Waals surface area contributed by atoms with Crippen LogP contribution in [0, 0.1) is 5.82 Å². The van der Waals surface area contributed by atoms with Crippen LogP contribution in [0.25, 0.3) is 27.8 Å². The number of benzene rings is 7. The summed E-state index contributed by atoms with van der Waals surface area (Å²) in [6.45, 7) is 11.6. The van der Waals surface area contributed by atoms with E-state index >= 15 is 0 Å². The number of aromatic nitrogens is 5. The molecule has 2 N–H and O–H groups in total. The van der Waals surface area contributed by atoms with Crippen molar-refractivity contribution in [3.8, 4) is 22.6 Å². The Balaban J connectivity index is 0.000000172. The number of rotatable bonds is 22. The summed E-state index contributed by atoms with van der Waals surface area (Å²) in [6.07, 6.45) is -19.5. The number of hydrogen-bond donors (Lipinski definition) is 2. The molecule has 654 valence electrons. The number of ether oxygens (including phenoxy) is 5. The Morgan fingerprint density at radius 3 is 1.97 bits per heavy atom. The van der Waals surface area contributed by atoms with Gasteiger partial charge in [-0.05, 0) is 183 Å². The van der Waals surface area contributed by atoms with Crippen LogP contribution in [-0.2, 0) is 62.0 Å². The number of azo groups is 1. The molecule has 4 aliphatic rings. The average Bonchev–Trinajstić information content (AvgIpc) is 1.46. The number of anilines is 4. The lowest BCUT2D eigenvalue weighted by Gasteiger charge is -2.43. The van der Waals surface area contributed by atoms with Crippen molar-refractivity contribution in [2.24, 2.45) is 15.2 Å². The SMILES string of the molecule is CCC(C)n1ncn(-c2ccc(N3CCN(c4ccc(OC[C@H]5CO[C@](CC6N=CN=N6)(c6ccc(Cl)cc6Cl)O5)cc4)CC3)cc2)c1=O.CCOC(=O)N1c2ccc(C(F)(F)F)cc2[C@@H](N(Cc2cc(C(F)(F)F)cc(C(F)(F)F)c2)C(=O)OC)C[C@H]1CC.CC[C@](O)(c1nnc(NCc2ccc3c(-c4ccc(F)cc4)cc(=O)oc3c2)o1)C(F)(F)F. The minimum Gasteiger partial charge on any atom is -0.491 e. The van der Waals surface area contributed by atoms with E-state index in [0.29, 0.717) is 81.6 Å². The predicted molar refractivity (Wildman–Crippen MR) is 426 cm³/mol. The zero-order valence-electron chi connectivity index (χ0n) is 66.3. The average molecular weight is 1770 g/mol. The zero-order valence-corrected chi connectivity index (χ0v) is 67.9. The summed E-state index contributed by atoms with van der Waals surface area (Å²) in [7, 11) is 0.903. The van der Waals surface area contributed by atoms with Gasteiger partial charge in [0.05, 0.1) is 71.9 Å². The summed E-state index contributed by atoms with van der Waals surface area (Å²) in [5.41, 5.74) is -3.42. The van der Waals surface area contributed by atoms with Gasteiger partial charge in [0.2, 0.25) is 11.4 Å². The molecule has 7 heterocycles. The second-order valence-corrected chi connectivity index (χ2v) is 29.7. The third-order valence-corrected chi connectivity index (χ3v) is 21.5. The Labute approximate surface area is 703 Å². The minimum absolute atomic E-state index is 0.0542. The minimum atomic E-state index is -5.17. The first-order chi connectivity index (χ1) is 58.3. The van der Waals surface area contributed by atoms with Crippen LogP contribution >= 0.6 is 23.2 Å². The summed E-state index contributed by atoms with van der Waals surface area (Å²) in [4.78, 5) is 61.4. The highest BCUT2D eigenvalue weighted by Crippen LogP contribution is 2.48. The lowest BCUT2D eigenvalue weighted by molar-refractivity contribution is -0.275. The van der Waals surface area contributed by atoms with Gasteiger partial charge in [-0.3, -0.25) is 9.80 Å². The highest BCUT2D eigenvalue weighted by Gasteiger charge is 2.58. The molecule has 0 bridgehead atoms. The van der Waals surface area contributed by atoms with Gasteiger partial charge in [-0.15, -0.1) is 10.2 Å². The molecule has 7 atom stereocenters. The van der Waals surface area contributed by atoms with Gasteiger partial charge in [0, 0.05) is 78.7 Å². The molecule has 40 heteroatoms. The van der Waals surface area contributed by atoms with Crippen molar-refractivity contribution >= 4 is 75.8 Å². The van der Waals surface area contributed by atoms with Gasteiger partial charge in [-0.1, -0.05) is 79.4 Å². The molecule has 0 radical (unpaired) electrons. The molecular weight excluding hydrogens is 1690 g/mol. The van der Waals surface area contributed by atoms with E-state index in [-0.39, 0.29) is 72.7 Å². The number of halogens is 15. The second kappa shape index (κ2) is 37.6. The number of aliphatic imine (C=N–C) groups is 1. The fraction of sp³-hybridized carbons (Fsp3) is 0.373. The molecule has 2 amide bonds. The van der Waals surface area contributed by atoms with E-state index in [1.807, 2.05) is 44.2 Å². The third kappa shape index (κ3) is 20.9. The molecule has 25 nitrogen and oxygen atoms in total. The number of carbonyl (C=O) groups is 2. The Morgan fingerprint density at radius 2 is 1.38 bits per heavy atom. The van der Waals surface area contributed by atoms with Gasteiger partial charge in [0.15, 0.2) is 6.17 Å². The first kappa shape index (κ1) is 90.6. The standard InChI is InChI=1S/C35H38Cl2N8O4.C26H25F9N2O4.C22H17F4N3O4/c1-3-24(2)45-34(46)44(23-40-45)28-7-5-26(6-8-28)42-14-16-43(17-15-42)27-9-11-29(12-10-27)47-20-30-21-48-35(49-30,19-33-38-22-39-41-33)31-13-4-25(36)18-32(31)37;1-4-18-12-21(19-11-15(24(27,28)29)6-7-20(19)37(18)23(39)41-5-2)36(22(38)40-3)13-14-8-16(25(30,31)32)10-17(9-14)26(33,34)35;1-2-21(31,22(24,25)26)19-28-29-20(33-19)27-11-12-3-8-15-16(10-18(30)32-17(15)9-12)13-4-6-14(23)7-5-13/h4-13,18,22-24,30,33H,3,14-17,19-21H2,1-2H3;6-11,18,21H,4-5,12-13H2,1-3H3;3-10,31H,2,11H2,1H3,(H,27,29)/t24?,30-,33?,35-;18-,21+;21-/m010/s1. The van der Waals surface area contributed by atoms with Crippen molar-refractivity contribution in [2.45, 2.75) is 146 Å². The quantitative estimate of drug-likeness (QED) is 0.0471. The molecule has 0 spiro atoms.